The minimum Gasteiger partial charge on any atom is -0.360 e. The zero-order valence-electron chi connectivity index (χ0n) is 17.8. The highest BCUT2D eigenvalue weighted by Gasteiger charge is 2.64. The van der Waals surface area contributed by atoms with E-state index in [1.165, 1.54) is 0 Å². The summed E-state index contributed by atoms with van der Waals surface area (Å²) in [5.74, 6) is -0.380. The van der Waals surface area contributed by atoms with E-state index in [0.717, 1.165) is 5.23 Å². The van der Waals surface area contributed by atoms with E-state index in [2.05, 4.69) is 13.2 Å². The monoisotopic (exact) mass is 401 g/mol. The smallest absolute Gasteiger partial charge is 0.303 e. The van der Waals surface area contributed by atoms with Crippen LogP contribution in [0.2, 0.25) is 0 Å². The lowest BCUT2D eigenvalue weighted by Crippen LogP contribution is -2.39. The summed E-state index contributed by atoms with van der Waals surface area (Å²) in [4.78, 5) is 24.6. The number of rotatable bonds is 11. The molecule has 1 aromatic carbocycles. The van der Waals surface area contributed by atoms with Crippen LogP contribution in [-0.2, 0) is 19.1 Å². The van der Waals surface area contributed by atoms with Gasteiger partial charge < -0.3 is 9.47 Å². The van der Waals surface area contributed by atoms with Gasteiger partial charge in [0.15, 0.2) is 0 Å². The summed E-state index contributed by atoms with van der Waals surface area (Å²) >= 11 is 0. The van der Waals surface area contributed by atoms with E-state index < -0.39 is 11.2 Å². The number of nitrogens with zero attached hydrogens (tertiary/aromatic N) is 1. The zero-order chi connectivity index (χ0) is 21.3. The van der Waals surface area contributed by atoms with Crippen molar-refractivity contribution in [3.8, 4) is 0 Å². The molecular formula is C23H31NO5. The average molecular weight is 402 g/mol. The molecule has 2 aliphatic heterocycles. The van der Waals surface area contributed by atoms with Crippen LogP contribution in [0.5, 0.6) is 0 Å². The van der Waals surface area contributed by atoms with Crippen molar-refractivity contribution >= 4 is 5.91 Å². The maximum atomic E-state index is 13.0. The Morgan fingerprint density at radius 3 is 1.76 bits per heavy atom. The lowest BCUT2D eigenvalue weighted by atomic mass is 9.94. The Morgan fingerprint density at radius 1 is 0.897 bits per heavy atom. The number of epoxide rings is 2. The van der Waals surface area contributed by atoms with Crippen molar-refractivity contribution in [2.45, 2.75) is 62.9 Å². The van der Waals surface area contributed by atoms with Crippen LogP contribution in [0.1, 0.15) is 50.9 Å². The van der Waals surface area contributed by atoms with Gasteiger partial charge in [-0.3, -0.25) is 4.79 Å². The van der Waals surface area contributed by atoms with E-state index in [1.54, 1.807) is 24.3 Å². The lowest BCUT2D eigenvalue weighted by molar-refractivity contribution is -0.336. The highest BCUT2D eigenvalue weighted by molar-refractivity contribution is 5.92. The van der Waals surface area contributed by atoms with E-state index in [0.29, 0.717) is 18.4 Å². The first-order chi connectivity index (χ1) is 13.6. The fraction of sp³-hybridized carbons (Fsp3) is 0.522. The lowest BCUT2D eigenvalue weighted by Gasteiger charge is -2.24. The number of hydroxylamine groups is 2. The van der Waals surface area contributed by atoms with Crippen molar-refractivity contribution in [2.24, 2.45) is 0 Å². The van der Waals surface area contributed by atoms with E-state index in [9.17, 15) is 4.79 Å². The van der Waals surface area contributed by atoms with Crippen LogP contribution in [0.3, 0.4) is 0 Å². The molecule has 2 heterocycles. The van der Waals surface area contributed by atoms with E-state index in [-0.39, 0.29) is 30.3 Å². The molecule has 0 spiro atoms. The molecule has 158 valence electrons. The summed E-state index contributed by atoms with van der Waals surface area (Å²) in [6.45, 7) is 15.8. The van der Waals surface area contributed by atoms with Gasteiger partial charge in [0.2, 0.25) is 0 Å². The third-order valence-electron chi connectivity index (χ3n) is 6.22. The Labute approximate surface area is 173 Å². The largest absolute Gasteiger partial charge is 0.360 e. The van der Waals surface area contributed by atoms with Crippen molar-refractivity contribution in [1.82, 2.24) is 5.23 Å². The van der Waals surface area contributed by atoms with Gasteiger partial charge in [-0.25, -0.2) is 9.68 Å². The second-order valence-corrected chi connectivity index (χ2v) is 8.59. The normalized spacial score (nSPS) is 35.0. The second-order valence-electron chi connectivity index (χ2n) is 8.59. The molecule has 1 amide bonds. The fourth-order valence-corrected chi connectivity index (χ4v) is 3.58. The molecule has 0 bridgehead atoms. The highest BCUT2D eigenvalue weighted by atomic mass is 17.0. The Morgan fingerprint density at radius 2 is 1.34 bits per heavy atom. The molecule has 3 rings (SSSR count). The van der Waals surface area contributed by atoms with E-state index in [4.69, 9.17) is 19.1 Å². The van der Waals surface area contributed by atoms with Crippen LogP contribution >= 0.6 is 0 Å². The summed E-state index contributed by atoms with van der Waals surface area (Å²) in [6, 6.07) is 8.88. The topological polar surface area (TPSA) is 63.8 Å². The van der Waals surface area contributed by atoms with Gasteiger partial charge in [0.05, 0.1) is 0 Å². The standard InChI is InChI=1S/C23H31NO5/c1-7-14-20(3)22(5,28-20)16-26-24(19(25)18-12-10-9-11-13-18)27-17-23(6)21(4,29-23)15-8-2/h7-13H,1-2,14-17H2,3-6H3. The van der Waals surface area contributed by atoms with Crippen molar-refractivity contribution in [3.05, 3.63) is 61.2 Å². The third-order valence-corrected chi connectivity index (χ3v) is 6.22. The van der Waals surface area contributed by atoms with Crippen LogP contribution in [-0.4, -0.2) is 46.8 Å². The Bertz CT molecular complexity index is 743. The molecule has 6 nitrogen and oxygen atoms in total. The summed E-state index contributed by atoms with van der Waals surface area (Å²) < 4.78 is 11.7. The first kappa shape index (κ1) is 21.7. The molecule has 4 unspecified atom stereocenters. The van der Waals surface area contributed by atoms with Crippen LogP contribution in [0.25, 0.3) is 0 Å². The number of carbonyl (C=O) groups is 1. The minimum absolute atomic E-state index is 0.178. The first-order valence-corrected chi connectivity index (χ1v) is 9.89. The maximum Gasteiger partial charge on any atom is 0.303 e. The van der Waals surface area contributed by atoms with Gasteiger partial charge >= 0.3 is 5.91 Å². The van der Waals surface area contributed by atoms with Gasteiger partial charge in [-0.05, 0) is 52.7 Å². The number of ether oxygens (including phenoxy) is 2. The number of benzene rings is 1. The van der Waals surface area contributed by atoms with Gasteiger partial charge in [0, 0.05) is 5.56 Å². The van der Waals surface area contributed by atoms with Crippen LogP contribution < -0.4 is 0 Å². The van der Waals surface area contributed by atoms with Crippen molar-refractivity contribution in [1.29, 1.82) is 0 Å². The van der Waals surface area contributed by atoms with Crippen molar-refractivity contribution in [2.75, 3.05) is 13.2 Å². The van der Waals surface area contributed by atoms with Crippen LogP contribution in [0.15, 0.2) is 55.6 Å². The number of hydrogen-bond acceptors (Lipinski definition) is 5. The Kier molecular flexibility index (Phi) is 5.75. The average Bonchev–Trinajstić information content (AvgIpc) is 3.44. The van der Waals surface area contributed by atoms with E-state index >= 15 is 0 Å². The highest BCUT2D eigenvalue weighted by Crippen LogP contribution is 2.51. The molecule has 2 fully saturated rings. The number of carbonyl (C=O) groups excluding carboxylic acids is 1. The summed E-state index contributed by atoms with van der Waals surface area (Å²) in [6.07, 6.45) is 5.04. The molecule has 0 aliphatic carbocycles. The van der Waals surface area contributed by atoms with Crippen LogP contribution in [0.4, 0.5) is 0 Å². The number of amides is 1. The summed E-state index contributed by atoms with van der Waals surface area (Å²) in [5.41, 5.74) is -1.28. The summed E-state index contributed by atoms with van der Waals surface area (Å²) in [5, 5.41) is 0.956. The van der Waals surface area contributed by atoms with Crippen molar-refractivity contribution < 1.29 is 23.9 Å². The molecule has 0 aromatic heterocycles. The molecule has 0 N–H and O–H groups in total. The van der Waals surface area contributed by atoms with Crippen molar-refractivity contribution in [3.63, 3.8) is 0 Å². The summed E-state index contributed by atoms with van der Waals surface area (Å²) in [7, 11) is 0. The van der Waals surface area contributed by atoms with Gasteiger partial charge in [-0.1, -0.05) is 35.6 Å². The number of hydrogen-bond donors (Lipinski definition) is 0. The molecule has 2 aliphatic rings. The molecule has 1 aromatic rings. The Balaban J connectivity index is 1.67. The minimum atomic E-state index is -0.517. The van der Waals surface area contributed by atoms with E-state index in [1.807, 2.05) is 45.9 Å². The molecule has 0 saturated carbocycles. The quantitative estimate of drug-likeness (QED) is 0.315. The molecule has 6 heteroatoms. The molecule has 4 atom stereocenters. The zero-order valence-corrected chi connectivity index (χ0v) is 17.8. The second kappa shape index (κ2) is 7.69. The third kappa shape index (κ3) is 4.16. The Hall–Kier alpha value is -1.99. The molecular weight excluding hydrogens is 370 g/mol. The van der Waals surface area contributed by atoms with Gasteiger partial charge in [-0.2, -0.15) is 0 Å². The predicted molar refractivity (Wildman–Crippen MR) is 110 cm³/mol. The van der Waals surface area contributed by atoms with Crippen LogP contribution in [0, 0.1) is 0 Å². The van der Waals surface area contributed by atoms with Gasteiger partial charge in [0.25, 0.3) is 0 Å². The molecule has 2 saturated heterocycles. The van der Waals surface area contributed by atoms with Gasteiger partial charge in [-0.15, -0.1) is 13.2 Å². The predicted octanol–water partition coefficient (Wildman–Crippen LogP) is 4.24. The maximum absolute atomic E-state index is 13.0. The fourth-order valence-electron chi connectivity index (χ4n) is 3.58. The molecule has 29 heavy (non-hydrogen) atoms. The molecule has 0 radical (unpaired) electrons. The van der Waals surface area contributed by atoms with Gasteiger partial charge in [0.1, 0.15) is 35.6 Å². The first-order valence-electron chi connectivity index (χ1n) is 9.89. The SMILES string of the molecule is C=CCC1(C)OC1(C)CON(OCC1(C)OC1(C)CC=C)C(=O)c1ccccc1.